The van der Waals surface area contributed by atoms with Crippen LogP contribution >= 0.6 is 0 Å². The third-order valence-electron chi connectivity index (χ3n) is 7.41. The van der Waals surface area contributed by atoms with Crippen LogP contribution < -0.4 is 9.64 Å². The Labute approximate surface area is 244 Å². The van der Waals surface area contributed by atoms with Crippen LogP contribution in [-0.4, -0.2) is 15.7 Å². The predicted octanol–water partition coefficient (Wildman–Crippen LogP) is 7.54. The Morgan fingerprint density at radius 1 is 0.667 bits per heavy atom. The van der Waals surface area contributed by atoms with Gasteiger partial charge < -0.3 is 14.5 Å². The van der Waals surface area contributed by atoms with Crippen LogP contribution in [0.2, 0.25) is 0 Å². The lowest BCUT2D eigenvalue weighted by atomic mass is 9.98. The first kappa shape index (κ1) is 26.8. The van der Waals surface area contributed by atoms with E-state index < -0.39 is 11.1 Å². The lowest BCUT2D eigenvalue weighted by molar-refractivity contribution is -0.384. The standard InChI is InChI=1S/C35H29N3O4/c39-35-31-22-29(38(40)41)20-21-32(31)36(23-26-12-4-1-5-13-26)34(37(35)24-27-14-6-2-7-15-27)30-18-10-11-19-33(30)42-25-28-16-8-3-9-17-28/h1-22,34H,23-25H2/t34-/m1/s1. The highest BCUT2D eigenvalue weighted by Crippen LogP contribution is 2.44. The number of rotatable bonds is 9. The van der Waals surface area contributed by atoms with E-state index >= 15 is 0 Å². The van der Waals surface area contributed by atoms with Crippen molar-refractivity contribution < 1.29 is 14.5 Å². The van der Waals surface area contributed by atoms with Crippen LogP contribution in [0.3, 0.4) is 0 Å². The summed E-state index contributed by atoms with van der Waals surface area (Å²) in [5.41, 5.74) is 4.68. The van der Waals surface area contributed by atoms with Crippen molar-refractivity contribution in [1.29, 1.82) is 0 Å². The molecule has 6 rings (SSSR count). The van der Waals surface area contributed by atoms with Gasteiger partial charge in [-0.3, -0.25) is 14.9 Å². The molecule has 7 nitrogen and oxygen atoms in total. The Kier molecular flexibility index (Phi) is 7.64. The molecule has 42 heavy (non-hydrogen) atoms. The molecule has 1 aliphatic heterocycles. The average molecular weight is 556 g/mol. The predicted molar refractivity (Wildman–Crippen MR) is 162 cm³/mol. The summed E-state index contributed by atoms with van der Waals surface area (Å²) >= 11 is 0. The van der Waals surface area contributed by atoms with E-state index in [9.17, 15) is 14.9 Å². The van der Waals surface area contributed by atoms with E-state index in [2.05, 4.69) is 4.90 Å². The molecule has 1 atom stereocenters. The van der Waals surface area contributed by atoms with Crippen molar-refractivity contribution in [2.45, 2.75) is 25.9 Å². The van der Waals surface area contributed by atoms with E-state index in [0.29, 0.717) is 36.7 Å². The molecule has 5 aromatic carbocycles. The minimum atomic E-state index is -0.543. The number of benzene rings is 5. The molecular weight excluding hydrogens is 526 g/mol. The molecular formula is C35H29N3O4. The van der Waals surface area contributed by atoms with Crippen LogP contribution in [-0.2, 0) is 19.7 Å². The maximum Gasteiger partial charge on any atom is 0.270 e. The largest absolute Gasteiger partial charge is 0.488 e. The summed E-state index contributed by atoms with van der Waals surface area (Å²) in [7, 11) is 0. The molecule has 1 aliphatic rings. The van der Waals surface area contributed by atoms with Gasteiger partial charge in [0.05, 0.1) is 16.2 Å². The third-order valence-corrected chi connectivity index (χ3v) is 7.41. The number of fused-ring (bicyclic) bond motifs is 1. The maximum atomic E-state index is 14.3. The number of amides is 1. The maximum absolute atomic E-state index is 14.3. The minimum Gasteiger partial charge on any atom is -0.488 e. The van der Waals surface area contributed by atoms with Gasteiger partial charge in [0.25, 0.3) is 11.6 Å². The van der Waals surface area contributed by atoms with Gasteiger partial charge in [-0.1, -0.05) is 109 Å². The number of anilines is 1. The van der Waals surface area contributed by atoms with Gasteiger partial charge in [-0.05, 0) is 28.8 Å². The SMILES string of the molecule is O=C1c2cc([N+](=O)[O-])ccc2N(Cc2ccccc2)[C@@H](c2ccccc2OCc2ccccc2)N1Cc1ccccc1. The number of carbonyl (C=O) groups is 1. The van der Waals surface area contributed by atoms with E-state index in [4.69, 9.17) is 4.74 Å². The van der Waals surface area contributed by atoms with Gasteiger partial charge >= 0.3 is 0 Å². The number of para-hydroxylation sites is 1. The first-order valence-corrected chi connectivity index (χ1v) is 13.8. The van der Waals surface area contributed by atoms with E-state index in [1.165, 1.54) is 12.1 Å². The highest BCUT2D eigenvalue weighted by molar-refractivity contribution is 6.02. The van der Waals surface area contributed by atoms with Crippen LogP contribution in [0.15, 0.2) is 133 Å². The molecule has 0 fully saturated rings. The van der Waals surface area contributed by atoms with Gasteiger partial charge in [-0.25, -0.2) is 0 Å². The Bertz CT molecular complexity index is 1690. The Morgan fingerprint density at radius 2 is 1.21 bits per heavy atom. The molecule has 0 saturated heterocycles. The van der Waals surface area contributed by atoms with Gasteiger partial charge in [-0.2, -0.15) is 0 Å². The number of nitrogens with zero attached hydrogens (tertiary/aromatic N) is 3. The summed E-state index contributed by atoms with van der Waals surface area (Å²) in [4.78, 5) is 29.5. The van der Waals surface area contributed by atoms with E-state index in [1.807, 2.05) is 115 Å². The Balaban J connectivity index is 1.50. The second-order valence-electron chi connectivity index (χ2n) is 10.2. The zero-order valence-electron chi connectivity index (χ0n) is 22.9. The van der Waals surface area contributed by atoms with E-state index in [0.717, 1.165) is 22.3 Å². The first-order chi connectivity index (χ1) is 20.6. The number of nitro benzene ring substituents is 1. The Morgan fingerprint density at radius 3 is 1.83 bits per heavy atom. The monoisotopic (exact) mass is 555 g/mol. The molecule has 208 valence electrons. The second-order valence-corrected chi connectivity index (χ2v) is 10.2. The molecule has 0 N–H and O–H groups in total. The third kappa shape index (κ3) is 5.58. The molecule has 1 heterocycles. The van der Waals surface area contributed by atoms with Gasteiger partial charge in [0.2, 0.25) is 0 Å². The van der Waals surface area contributed by atoms with Crippen molar-refractivity contribution in [2.24, 2.45) is 0 Å². The van der Waals surface area contributed by atoms with Crippen LogP contribution in [0.5, 0.6) is 5.75 Å². The number of hydrogen-bond donors (Lipinski definition) is 0. The fraction of sp³-hybridized carbons (Fsp3) is 0.114. The van der Waals surface area contributed by atoms with Crippen molar-refractivity contribution in [1.82, 2.24) is 4.90 Å². The van der Waals surface area contributed by atoms with Crippen LogP contribution in [0, 0.1) is 10.1 Å². The second kappa shape index (κ2) is 12.0. The van der Waals surface area contributed by atoms with Crippen LogP contribution in [0.1, 0.15) is 38.8 Å². The minimum absolute atomic E-state index is 0.119. The molecule has 0 aliphatic carbocycles. The molecule has 0 bridgehead atoms. The fourth-order valence-electron chi connectivity index (χ4n) is 5.41. The van der Waals surface area contributed by atoms with Gasteiger partial charge in [0.1, 0.15) is 18.5 Å². The molecule has 0 aromatic heterocycles. The van der Waals surface area contributed by atoms with Gasteiger partial charge in [-0.15, -0.1) is 0 Å². The van der Waals surface area contributed by atoms with Crippen LogP contribution in [0.4, 0.5) is 11.4 Å². The number of ether oxygens (including phenoxy) is 1. The zero-order chi connectivity index (χ0) is 28.9. The molecule has 0 spiro atoms. The molecule has 1 amide bonds. The first-order valence-electron chi connectivity index (χ1n) is 13.8. The summed E-state index contributed by atoms with van der Waals surface area (Å²) in [6.07, 6.45) is -0.543. The lowest BCUT2D eigenvalue weighted by Gasteiger charge is -2.46. The van der Waals surface area contributed by atoms with Crippen LogP contribution in [0.25, 0.3) is 0 Å². The highest BCUT2D eigenvalue weighted by atomic mass is 16.6. The molecule has 0 unspecified atom stereocenters. The number of non-ortho nitro benzene ring substituents is 1. The quantitative estimate of drug-likeness (QED) is 0.139. The lowest BCUT2D eigenvalue weighted by Crippen LogP contribution is -2.49. The molecule has 7 heteroatoms. The number of hydrogen-bond acceptors (Lipinski definition) is 5. The van der Waals surface area contributed by atoms with Crippen molar-refractivity contribution in [3.05, 3.63) is 171 Å². The average Bonchev–Trinajstić information content (AvgIpc) is 3.04. The molecule has 0 radical (unpaired) electrons. The Hall–Kier alpha value is -5.43. The normalized spacial score (nSPS) is 14.4. The van der Waals surface area contributed by atoms with Gasteiger partial charge in [0.15, 0.2) is 0 Å². The molecule has 0 saturated carbocycles. The highest BCUT2D eigenvalue weighted by Gasteiger charge is 2.40. The van der Waals surface area contributed by atoms with Crippen molar-refractivity contribution >= 4 is 17.3 Å². The zero-order valence-corrected chi connectivity index (χ0v) is 22.9. The number of nitro groups is 1. The van der Waals surface area contributed by atoms with E-state index in [-0.39, 0.29) is 11.6 Å². The summed E-state index contributed by atoms with van der Waals surface area (Å²) in [6.45, 7) is 1.16. The summed E-state index contributed by atoms with van der Waals surface area (Å²) in [5, 5.41) is 11.7. The summed E-state index contributed by atoms with van der Waals surface area (Å²) in [5.74, 6) is 0.394. The fourth-order valence-corrected chi connectivity index (χ4v) is 5.41. The van der Waals surface area contributed by atoms with E-state index in [1.54, 1.807) is 11.0 Å². The number of carbonyl (C=O) groups excluding carboxylic acids is 1. The molecule has 5 aromatic rings. The van der Waals surface area contributed by atoms with Crippen molar-refractivity contribution in [3.8, 4) is 5.75 Å². The van der Waals surface area contributed by atoms with Crippen molar-refractivity contribution in [2.75, 3.05) is 4.90 Å². The summed E-state index contributed by atoms with van der Waals surface area (Å²) < 4.78 is 6.39. The van der Waals surface area contributed by atoms with Gasteiger partial charge in [0, 0.05) is 30.8 Å². The van der Waals surface area contributed by atoms with Crippen molar-refractivity contribution in [3.63, 3.8) is 0 Å². The topological polar surface area (TPSA) is 75.9 Å². The summed E-state index contributed by atoms with van der Waals surface area (Å²) in [6, 6.07) is 42.1. The smallest absolute Gasteiger partial charge is 0.270 e.